The lowest BCUT2D eigenvalue weighted by Gasteiger charge is -2.12. The Morgan fingerprint density at radius 1 is 1.33 bits per heavy atom. The number of hydrogen-bond acceptors (Lipinski definition) is 5. The Balaban J connectivity index is 1.92. The fourth-order valence-electron chi connectivity index (χ4n) is 3.07. The molecule has 1 aliphatic rings. The number of benzene rings is 1. The number of aromatic nitrogens is 3. The molecular formula is C18H19FN5O3+. The van der Waals surface area contributed by atoms with Gasteiger partial charge in [0.25, 0.3) is 5.88 Å². The van der Waals surface area contributed by atoms with E-state index in [1.165, 1.54) is 23.0 Å². The van der Waals surface area contributed by atoms with E-state index in [1.54, 1.807) is 30.8 Å². The number of amides is 1. The summed E-state index contributed by atoms with van der Waals surface area (Å²) in [5, 5.41) is 5.84. The van der Waals surface area contributed by atoms with Gasteiger partial charge in [-0.25, -0.2) is 14.2 Å². The van der Waals surface area contributed by atoms with Crippen molar-refractivity contribution in [2.24, 2.45) is 7.05 Å². The molecule has 0 spiro atoms. The molecule has 0 aliphatic carbocycles. The van der Waals surface area contributed by atoms with Gasteiger partial charge in [0.15, 0.2) is 11.8 Å². The van der Waals surface area contributed by atoms with E-state index in [9.17, 15) is 9.18 Å². The summed E-state index contributed by atoms with van der Waals surface area (Å²) in [4.78, 5) is 16.9. The summed E-state index contributed by atoms with van der Waals surface area (Å²) in [7, 11) is 3.52. The minimum Gasteiger partial charge on any atom is -0.423 e. The Morgan fingerprint density at radius 2 is 2.19 bits per heavy atom. The SMILES string of the molecule is CNc1cc2[n+](C)c3c1ncn3C(=O)NCCOCc1cc(F)cc(c1)O2. The van der Waals surface area contributed by atoms with Gasteiger partial charge in [-0.1, -0.05) is 0 Å². The summed E-state index contributed by atoms with van der Waals surface area (Å²) >= 11 is 0. The quantitative estimate of drug-likeness (QED) is 0.638. The second-order valence-electron chi connectivity index (χ2n) is 6.17. The largest absolute Gasteiger partial charge is 0.423 e. The lowest BCUT2D eigenvalue weighted by atomic mass is 10.2. The average molecular weight is 372 g/mol. The van der Waals surface area contributed by atoms with Crippen LogP contribution in [0.5, 0.6) is 11.6 Å². The van der Waals surface area contributed by atoms with Crippen LogP contribution in [0.15, 0.2) is 30.6 Å². The normalized spacial score (nSPS) is 14.6. The number of nitrogens with one attached hydrogen (secondary N) is 2. The lowest BCUT2D eigenvalue weighted by molar-refractivity contribution is -0.652. The number of halogens is 1. The molecule has 0 saturated carbocycles. The summed E-state index contributed by atoms with van der Waals surface area (Å²) in [5.74, 6) is 0.364. The van der Waals surface area contributed by atoms with Crippen molar-refractivity contribution in [3.05, 3.63) is 42.0 Å². The molecule has 4 rings (SSSR count). The first-order valence-corrected chi connectivity index (χ1v) is 8.48. The van der Waals surface area contributed by atoms with E-state index < -0.39 is 5.82 Å². The number of hydrogen-bond donors (Lipinski definition) is 2. The van der Waals surface area contributed by atoms with E-state index in [-0.39, 0.29) is 12.6 Å². The third kappa shape index (κ3) is 3.17. The average Bonchev–Trinajstić information content (AvgIpc) is 3.08. The number of ether oxygens (including phenoxy) is 2. The fraction of sp³-hybridized carbons (Fsp3) is 0.278. The number of fused-ring (bicyclic) bond motifs is 3. The highest BCUT2D eigenvalue weighted by atomic mass is 19.1. The third-order valence-electron chi connectivity index (χ3n) is 4.35. The predicted octanol–water partition coefficient (Wildman–Crippen LogP) is 1.92. The van der Waals surface area contributed by atoms with E-state index in [2.05, 4.69) is 15.6 Å². The zero-order valence-electron chi connectivity index (χ0n) is 15.0. The molecule has 1 amide bonds. The minimum absolute atomic E-state index is 0.216. The van der Waals surface area contributed by atoms with Crippen LogP contribution in [0.1, 0.15) is 5.56 Å². The van der Waals surface area contributed by atoms with Gasteiger partial charge >= 0.3 is 11.7 Å². The molecule has 1 aromatic carbocycles. The second-order valence-corrected chi connectivity index (χ2v) is 6.17. The molecule has 1 aliphatic heterocycles. The van der Waals surface area contributed by atoms with E-state index in [0.29, 0.717) is 47.2 Å². The van der Waals surface area contributed by atoms with E-state index in [4.69, 9.17) is 9.47 Å². The maximum Gasteiger partial charge on any atom is 0.415 e. The summed E-state index contributed by atoms with van der Waals surface area (Å²) in [5.41, 5.74) is 2.50. The number of carbonyl (C=O) groups excluding carboxylic acids is 1. The third-order valence-corrected chi connectivity index (χ3v) is 4.35. The van der Waals surface area contributed by atoms with Crippen LogP contribution in [0.3, 0.4) is 0 Å². The number of anilines is 1. The van der Waals surface area contributed by atoms with E-state index >= 15 is 0 Å². The molecule has 4 bridgehead atoms. The first kappa shape index (κ1) is 17.2. The first-order valence-electron chi connectivity index (χ1n) is 8.48. The van der Waals surface area contributed by atoms with Crippen LogP contribution in [-0.2, 0) is 18.4 Å². The predicted molar refractivity (Wildman–Crippen MR) is 95.4 cm³/mol. The standard InChI is InChI=1S/C18H18FN5O3/c1-20-14-8-15-23(2)17-16(14)22-10-24(17)18(25)21-3-4-26-9-11-5-12(19)7-13(6-11)27-15/h5-8,10H,3-4,9H2,1-2H3,(H,21,25)/p+1. The molecule has 3 aromatic rings. The van der Waals surface area contributed by atoms with Crippen LogP contribution in [0, 0.1) is 5.82 Å². The van der Waals surface area contributed by atoms with Crippen molar-refractivity contribution >= 4 is 22.9 Å². The number of aryl methyl sites for hydroxylation is 1. The monoisotopic (exact) mass is 372 g/mol. The molecule has 2 aromatic heterocycles. The molecule has 27 heavy (non-hydrogen) atoms. The molecular weight excluding hydrogens is 353 g/mol. The number of imidazole rings is 1. The molecule has 2 N–H and O–H groups in total. The number of carbonyl (C=O) groups is 1. The summed E-state index contributed by atoms with van der Waals surface area (Å²) in [6.45, 7) is 0.830. The number of pyridine rings is 1. The minimum atomic E-state index is -0.408. The lowest BCUT2D eigenvalue weighted by Crippen LogP contribution is -2.38. The Labute approximate surface area is 154 Å². The van der Waals surface area contributed by atoms with Gasteiger partial charge in [0.05, 0.1) is 25.9 Å². The van der Waals surface area contributed by atoms with Crippen LogP contribution in [-0.4, -0.2) is 35.8 Å². The Morgan fingerprint density at radius 3 is 3.00 bits per heavy atom. The van der Waals surface area contributed by atoms with Crippen LogP contribution < -0.4 is 19.9 Å². The molecule has 8 nitrogen and oxygen atoms in total. The van der Waals surface area contributed by atoms with Crippen LogP contribution in [0.4, 0.5) is 14.9 Å². The molecule has 0 saturated heterocycles. The molecule has 140 valence electrons. The highest BCUT2D eigenvalue weighted by Gasteiger charge is 2.26. The van der Waals surface area contributed by atoms with Gasteiger partial charge in [-0.05, 0) is 17.7 Å². The topological polar surface area (TPSA) is 81.3 Å². The summed E-state index contributed by atoms with van der Waals surface area (Å²) in [6, 6.07) is 5.87. The van der Waals surface area contributed by atoms with Crippen molar-refractivity contribution in [1.29, 1.82) is 0 Å². The Kier molecular flexibility index (Phi) is 4.36. The summed E-state index contributed by atoms with van der Waals surface area (Å²) < 4.78 is 28.5. The van der Waals surface area contributed by atoms with Crippen molar-refractivity contribution in [1.82, 2.24) is 14.9 Å². The highest BCUT2D eigenvalue weighted by Crippen LogP contribution is 2.28. The van der Waals surface area contributed by atoms with Crippen molar-refractivity contribution in [3.8, 4) is 11.6 Å². The van der Waals surface area contributed by atoms with Gasteiger partial charge in [-0.2, -0.15) is 4.57 Å². The maximum atomic E-state index is 14.0. The van der Waals surface area contributed by atoms with Crippen molar-refractivity contribution in [2.45, 2.75) is 6.61 Å². The van der Waals surface area contributed by atoms with Crippen molar-refractivity contribution < 1.29 is 23.2 Å². The first-order chi connectivity index (χ1) is 13.1. The smallest absolute Gasteiger partial charge is 0.415 e. The number of rotatable bonds is 1. The molecule has 0 radical (unpaired) electrons. The second kappa shape index (κ2) is 6.84. The van der Waals surface area contributed by atoms with Gasteiger partial charge in [0.2, 0.25) is 0 Å². The summed E-state index contributed by atoms with van der Waals surface area (Å²) in [6.07, 6.45) is 1.46. The van der Waals surface area contributed by atoms with Gasteiger partial charge in [-0.3, -0.25) is 0 Å². The zero-order chi connectivity index (χ0) is 19.0. The van der Waals surface area contributed by atoms with Crippen LogP contribution >= 0.6 is 0 Å². The van der Waals surface area contributed by atoms with E-state index in [0.717, 1.165) is 0 Å². The Hall–Kier alpha value is -3.20. The van der Waals surface area contributed by atoms with Gasteiger partial charge in [-0.15, -0.1) is 4.57 Å². The number of nitrogens with zero attached hydrogens (tertiary/aromatic N) is 3. The van der Waals surface area contributed by atoms with Gasteiger partial charge in [0.1, 0.15) is 11.6 Å². The van der Waals surface area contributed by atoms with Gasteiger partial charge < -0.3 is 20.1 Å². The van der Waals surface area contributed by atoms with Crippen molar-refractivity contribution in [2.75, 3.05) is 25.5 Å². The van der Waals surface area contributed by atoms with Crippen molar-refractivity contribution in [3.63, 3.8) is 0 Å². The Bertz CT molecular complexity index is 1030. The van der Waals surface area contributed by atoms with E-state index in [1.807, 2.05) is 0 Å². The van der Waals surface area contributed by atoms with Crippen LogP contribution in [0.2, 0.25) is 0 Å². The molecule has 0 unspecified atom stereocenters. The highest BCUT2D eigenvalue weighted by molar-refractivity contribution is 5.91. The zero-order valence-corrected chi connectivity index (χ0v) is 15.0. The fourth-order valence-corrected chi connectivity index (χ4v) is 3.07. The maximum absolute atomic E-state index is 14.0. The molecule has 0 atom stereocenters. The van der Waals surface area contributed by atoms with Gasteiger partial charge in [0, 0.05) is 25.7 Å². The van der Waals surface area contributed by atoms with Crippen LogP contribution in [0.25, 0.3) is 11.2 Å². The molecule has 3 heterocycles. The molecule has 9 heteroatoms. The molecule has 0 fully saturated rings.